The monoisotopic (exact) mass is 237 g/mol. The summed E-state index contributed by atoms with van der Waals surface area (Å²) in [6.45, 7) is 3.65. The summed E-state index contributed by atoms with van der Waals surface area (Å²) < 4.78 is 0. The molecule has 1 nitrogen and oxygen atoms in total. The molecule has 1 rings (SSSR count). The fraction of sp³-hybridized carbons (Fsp3) is 0.333. The van der Waals surface area contributed by atoms with Gasteiger partial charge in [0, 0.05) is 11.6 Å². The van der Waals surface area contributed by atoms with Crippen LogP contribution in [0.25, 0.3) is 0 Å². The van der Waals surface area contributed by atoms with Crippen LogP contribution in [0.4, 0.5) is 0 Å². The molecule has 0 bridgehead atoms. The molecular weight excluding hydrogens is 228 g/mol. The van der Waals surface area contributed by atoms with Crippen LogP contribution >= 0.6 is 34.8 Å². The van der Waals surface area contributed by atoms with Gasteiger partial charge >= 0.3 is 0 Å². The van der Waals surface area contributed by atoms with Crippen LogP contribution in [-0.2, 0) is 6.54 Å². The Labute approximate surface area is 93.0 Å². The highest BCUT2D eigenvalue weighted by Gasteiger charge is 2.04. The second-order valence-electron chi connectivity index (χ2n) is 2.64. The minimum absolute atomic E-state index is 0.493. The van der Waals surface area contributed by atoms with Crippen molar-refractivity contribution in [3.8, 4) is 0 Å². The Hall–Kier alpha value is 0.0500. The average molecular weight is 239 g/mol. The molecule has 1 aromatic carbocycles. The lowest BCUT2D eigenvalue weighted by atomic mass is 10.2. The van der Waals surface area contributed by atoms with E-state index in [2.05, 4.69) is 5.32 Å². The molecule has 0 saturated heterocycles. The molecule has 72 valence electrons. The molecule has 1 aromatic rings. The molecule has 0 fully saturated rings. The molecule has 0 aromatic heterocycles. The van der Waals surface area contributed by atoms with Gasteiger partial charge in [-0.2, -0.15) is 0 Å². The molecule has 0 amide bonds. The van der Waals surface area contributed by atoms with Gasteiger partial charge in [-0.1, -0.05) is 41.7 Å². The number of rotatable bonds is 3. The minimum Gasteiger partial charge on any atom is -0.313 e. The van der Waals surface area contributed by atoms with Crippen LogP contribution in [0.2, 0.25) is 15.1 Å². The third-order valence-corrected chi connectivity index (χ3v) is 2.73. The van der Waals surface area contributed by atoms with Crippen molar-refractivity contribution in [1.82, 2.24) is 5.32 Å². The van der Waals surface area contributed by atoms with Gasteiger partial charge in [-0.05, 0) is 24.2 Å². The van der Waals surface area contributed by atoms with E-state index in [0.29, 0.717) is 21.6 Å². The summed E-state index contributed by atoms with van der Waals surface area (Å²) in [7, 11) is 0. The van der Waals surface area contributed by atoms with Crippen LogP contribution in [0.15, 0.2) is 12.1 Å². The van der Waals surface area contributed by atoms with Gasteiger partial charge in [0.05, 0.1) is 10.0 Å². The highest BCUT2D eigenvalue weighted by molar-refractivity contribution is 6.43. The average Bonchev–Trinajstić information content (AvgIpc) is 2.09. The van der Waals surface area contributed by atoms with Gasteiger partial charge in [-0.25, -0.2) is 0 Å². The first-order valence-electron chi connectivity index (χ1n) is 3.99. The highest BCUT2D eigenvalue weighted by atomic mass is 35.5. The van der Waals surface area contributed by atoms with Gasteiger partial charge < -0.3 is 5.32 Å². The lowest BCUT2D eigenvalue weighted by Gasteiger charge is -2.06. The maximum atomic E-state index is 5.95. The van der Waals surface area contributed by atoms with Gasteiger partial charge in [0.15, 0.2) is 0 Å². The van der Waals surface area contributed by atoms with E-state index in [1.165, 1.54) is 0 Å². The minimum atomic E-state index is 0.493. The maximum absolute atomic E-state index is 5.95. The lowest BCUT2D eigenvalue weighted by Crippen LogP contribution is -2.11. The van der Waals surface area contributed by atoms with Crippen LogP contribution < -0.4 is 5.32 Å². The van der Waals surface area contributed by atoms with E-state index in [1.54, 1.807) is 12.1 Å². The van der Waals surface area contributed by atoms with Crippen molar-refractivity contribution in [2.75, 3.05) is 6.54 Å². The first kappa shape index (κ1) is 11.1. The summed E-state index contributed by atoms with van der Waals surface area (Å²) >= 11 is 17.6. The summed E-state index contributed by atoms with van der Waals surface area (Å²) in [5.41, 5.74) is 0.970. The molecular formula is C9H10Cl3N. The van der Waals surface area contributed by atoms with E-state index in [1.807, 2.05) is 6.92 Å². The van der Waals surface area contributed by atoms with E-state index in [-0.39, 0.29) is 0 Å². The Morgan fingerprint density at radius 2 is 1.69 bits per heavy atom. The van der Waals surface area contributed by atoms with E-state index >= 15 is 0 Å². The van der Waals surface area contributed by atoms with E-state index < -0.39 is 0 Å². The smallest absolute Gasteiger partial charge is 0.0607 e. The van der Waals surface area contributed by atoms with Crippen LogP contribution in [0.1, 0.15) is 12.5 Å². The summed E-state index contributed by atoms with van der Waals surface area (Å²) in [5, 5.41) is 4.85. The Kier molecular flexibility index (Phi) is 4.33. The van der Waals surface area contributed by atoms with Crippen LogP contribution in [-0.4, -0.2) is 6.54 Å². The fourth-order valence-electron chi connectivity index (χ4n) is 0.959. The number of nitrogens with one attached hydrogen (secondary N) is 1. The predicted molar refractivity (Wildman–Crippen MR) is 58.9 cm³/mol. The topological polar surface area (TPSA) is 12.0 Å². The van der Waals surface area contributed by atoms with Gasteiger partial charge in [-0.15, -0.1) is 0 Å². The Balaban J connectivity index is 2.88. The second-order valence-corrected chi connectivity index (χ2v) is 3.86. The molecule has 4 heteroatoms. The molecule has 0 aliphatic rings. The quantitative estimate of drug-likeness (QED) is 0.791. The first-order chi connectivity index (χ1) is 6.15. The molecule has 0 spiro atoms. The van der Waals surface area contributed by atoms with Crippen LogP contribution in [0, 0.1) is 0 Å². The van der Waals surface area contributed by atoms with E-state index in [0.717, 1.165) is 12.1 Å². The van der Waals surface area contributed by atoms with Gasteiger partial charge in [0.1, 0.15) is 0 Å². The summed E-state index contributed by atoms with van der Waals surface area (Å²) in [6, 6.07) is 3.45. The van der Waals surface area contributed by atoms with E-state index in [4.69, 9.17) is 34.8 Å². The number of hydrogen-bond donors (Lipinski definition) is 1. The Morgan fingerprint density at radius 1 is 1.08 bits per heavy atom. The second kappa shape index (κ2) is 5.06. The van der Waals surface area contributed by atoms with Gasteiger partial charge in [-0.3, -0.25) is 0 Å². The molecule has 0 aliphatic heterocycles. The Morgan fingerprint density at radius 3 is 2.31 bits per heavy atom. The van der Waals surface area contributed by atoms with Crippen LogP contribution in [0.5, 0.6) is 0 Å². The molecule has 0 aliphatic carbocycles. The van der Waals surface area contributed by atoms with E-state index in [9.17, 15) is 0 Å². The van der Waals surface area contributed by atoms with Crippen LogP contribution in [0.3, 0.4) is 0 Å². The zero-order valence-corrected chi connectivity index (χ0v) is 9.47. The molecule has 1 N–H and O–H groups in total. The fourth-order valence-corrected chi connectivity index (χ4v) is 1.60. The highest BCUT2D eigenvalue weighted by Crippen LogP contribution is 2.28. The predicted octanol–water partition coefficient (Wildman–Crippen LogP) is 3.76. The molecule has 0 saturated carbocycles. The molecule has 0 radical (unpaired) electrons. The van der Waals surface area contributed by atoms with Gasteiger partial charge in [0.2, 0.25) is 0 Å². The van der Waals surface area contributed by atoms with Crippen molar-refractivity contribution >= 4 is 34.8 Å². The normalized spacial score (nSPS) is 10.5. The van der Waals surface area contributed by atoms with Crippen molar-refractivity contribution in [2.24, 2.45) is 0 Å². The first-order valence-corrected chi connectivity index (χ1v) is 5.12. The lowest BCUT2D eigenvalue weighted by molar-refractivity contribution is 0.727. The summed E-state index contributed by atoms with van der Waals surface area (Å²) in [4.78, 5) is 0. The number of hydrogen-bond acceptors (Lipinski definition) is 1. The number of benzene rings is 1. The Bertz CT molecular complexity index is 299. The van der Waals surface area contributed by atoms with Crippen molar-refractivity contribution in [1.29, 1.82) is 0 Å². The molecule has 0 unspecified atom stereocenters. The van der Waals surface area contributed by atoms with Crippen molar-refractivity contribution < 1.29 is 0 Å². The van der Waals surface area contributed by atoms with Crippen molar-refractivity contribution in [3.05, 3.63) is 32.8 Å². The largest absolute Gasteiger partial charge is 0.313 e. The van der Waals surface area contributed by atoms with Crippen molar-refractivity contribution in [3.63, 3.8) is 0 Å². The molecule has 0 atom stereocenters. The SMILES string of the molecule is CCNCc1cc(Cl)c(Cl)cc1Cl. The summed E-state index contributed by atoms with van der Waals surface area (Å²) in [5.74, 6) is 0. The summed E-state index contributed by atoms with van der Waals surface area (Å²) in [6.07, 6.45) is 0. The molecule has 13 heavy (non-hydrogen) atoms. The third-order valence-electron chi connectivity index (χ3n) is 1.65. The maximum Gasteiger partial charge on any atom is 0.0607 e. The zero-order valence-electron chi connectivity index (χ0n) is 7.20. The van der Waals surface area contributed by atoms with Gasteiger partial charge in [0.25, 0.3) is 0 Å². The third kappa shape index (κ3) is 3.03. The standard InChI is InChI=1S/C9H10Cl3N/c1-2-13-5-6-3-8(11)9(12)4-7(6)10/h3-4,13H,2,5H2,1H3. The molecule has 0 heterocycles. The zero-order chi connectivity index (χ0) is 9.84. The van der Waals surface area contributed by atoms with Crippen molar-refractivity contribution in [2.45, 2.75) is 13.5 Å². The number of halogens is 3.